The molecule has 0 aromatic heterocycles. The molecule has 1 saturated heterocycles. The van der Waals surface area contributed by atoms with Crippen molar-refractivity contribution in [3.63, 3.8) is 0 Å². The van der Waals surface area contributed by atoms with Gasteiger partial charge in [0.1, 0.15) is 0 Å². The van der Waals surface area contributed by atoms with E-state index in [1.54, 1.807) is 24.3 Å². The summed E-state index contributed by atoms with van der Waals surface area (Å²) >= 11 is 5.22. The number of piperidine rings is 1. The second kappa shape index (κ2) is 9.45. The second-order valence-electron chi connectivity index (χ2n) is 7.23. The zero-order valence-corrected chi connectivity index (χ0v) is 17.3. The standard InChI is InChI=1S/C21H22N4O4S/c1-14-10-12-24(13-11-14)20(27)17-4-2-3-5-18(17)22-21(30)23-19(26)15-6-8-16(9-7-15)25(28)29/h2-9,14H,10-13H2,1H3,(H2,22,23,26,30). The zero-order chi connectivity index (χ0) is 21.7. The number of nitro groups is 1. The average Bonchev–Trinajstić information content (AvgIpc) is 2.74. The molecule has 156 valence electrons. The van der Waals surface area contributed by atoms with Gasteiger partial charge in [0.15, 0.2) is 5.11 Å². The number of nitrogens with one attached hydrogen (secondary N) is 2. The molecule has 0 spiro atoms. The van der Waals surface area contributed by atoms with Gasteiger partial charge in [0.05, 0.1) is 16.2 Å². The third kappa shape index (κ3) is 5.18. The molecule has 1 heterocycles. The molecule has 0 saturated carbocycles. The highest BCUT2D eigenvalue weighted by atomic mass is 32.1. The van der Waals surface area contributed by atoms with E-state index in [1.807, 2.05) is 4.90 Å². The van der Waals surface area contributed by atoms with Gasteiger partial charge in [0, 0.05) is 30.8 Å². The number of para-hydroxylation sites is 1. The Morgan fingerprint density at radius 2 is 1.73 bits per heavy atom. The lowest BCUT2D eigenvalue weighted by molar-refractivity contribution is -0.384. The minimum Gasteiger partial charge on any atom is -0.339 e. The van der Waals surface area contributed by atoms with Gasteiger partial charge < -0.3 is 10.2 Å². The summed E-state index contributed by atoms with van der Waals surface area (Å²) in [5, 5.41) is 16.2. The highest BCUT2D eigenvalue weighted by Crippen LogP contribution is 2.22. The van der Waals surface area contributed by atoms with Crippen LogP contribution in [-0.2, 0) is 0 Å². The van der Waals surface area contributed by atoms with Crippen LogP contribution < -0.4 is 10.6 Å². The van der Waals surface area contributed by atoms with Crippen LogP contribution >= 0.6 is 12.2 Å². The van der Waals surface area contributed by atoms with E-state index < -0.39 is 10.8 Å². The number of carbonyl (C=O) groups excluding carboxylic acids is 2. The summed E-state index contributed by atoms with van der Waals surface area (Å²) in [5.41, 5.74) is 1.12. The van der Waals surface area contributed by atoms with E-state index in [1.165, 1.54) is 24.3 Å². The van der Waals surface area contributed by atoms with Crippen molar-refractivity contribution >= 4 is 40.5 Å². The topological polar surface area (TPSA) is 105 Å². The first-order chi connectivity index (χ1) is 14.3. The highest BCUT2D eigenvalue weighted by molar-refractivity contribution is 7.80. The van der Waals surface area contributed by atoms with Crippen molar-refractivity contribution in [2.24, 2.45) is 5.92 Å². The Labute approximate surface area is 179 Å². The van der Waals surface area contributed by atoms with Gasteiger partial charge in [-0.2, -0.15) is 0 Å². The van der Waals surface area contributed by atoms with Crippen molar-refractivity contribution < 1.29 is 14.5 Å². The third-order valence-electron chi connectivity index (χ3n) is 5.04. The van der Waals surface area contributed by atoms with Gasteiger partial charge in [-0.15, -0.1) is 0 Å². The number of hydrogen-bond acceptors (Lipinski definition) is 5. The van der Waals surface area contributed by atoms with Crippen molar-refractivity contribution in [2.75, 3.05) is 18.4 Å². The Morgan fingerprint density at radius 3 is 2.37 bits per heavy atom. The third-order valence-corrected chi connectivity index (χ3v) is 5.25. The van der Waals surface area contributed by atoms with Crippen LogP contribution in [0.4, 0.5) is 11.4 Å². The first kappa shape index (κ1) is 21.4. The van der Waals surface area contributed by atoms with Crippen LogP contribution in [0.5, 0.6) is 0 Å². The number of anilines is 1. The number of carbonyl (C=O) groups is 2. The number of benzene rings is 2. The Bertz CT molecular complexity index is 969. The molecule has 0 unspecified atom stereocenters. The summed E-state index contributed by atoms with van der Waals surface area (Å²) in [5.74, 6) is 0.0374. The summed E-state index contributed by atoms with van der Waals surface area (Å²) in [7, 11) is 0. The maximum absolute atomic E-state index is 12.9. The molecule has 30 heavy (non-hydrogen) atoms. The van der Waals surface area contributed by atoms with Gasteiger partial charge >= 0.3 is 0 Å². The van der Waals surface area contributed by atoms with E-state index in [-0.39, 0.29) is 22.3 Å². The van der Waals surface area contributed by atoms with Crippen LogP contribution in [0.3, 0.4) is 0 Å². The predicted octanol–water partition coefficient (Wildman–Crippen LogP) is 3.59. The van der Waals surface area contributed by atoms with Crippen LogP contribution in [0.1, 0.15) is 40.5 Å². The largest absolute Gasteiger partial charge is 0.339 e. The van der Waals surface area contributed by atoms with Crippen LogP contribution in [0, 0.1) is 16.0 Å². The average molecular weight is 426 g/mol. The number of nitro benzene ring substituents is 1. The normalized spacial score (nSPS) is 14.1. The second-order valence-corrected chi connectivity index (χ2v) is 7.64. The van der Waals surface area contributed by atoms with E-state index in [0.29, 0.717) is 17.2 Å². The molecule has 3 rings (SSSR count). The zero-order valence-electron chi connectivity index (χ0n) is 16.5. The van der Waals surface area contributed by atoms with E-state index in [9.17, 15) is 19.7 Å². The first-order valence-electron chi connectivity index (χ1n) is 9.60. The van der Waals surface area contributed by atoms with Gasteiger partial charge in [0.25, 0.3) is 17.5 Å². The molecule has 8 nitrogen and oxygen atoms in total. The van der Waals surface area contributed by atoms with E-state index in [0.717, 1.165) is 25.9 Å². The number of amides is 2. The van der Waals surface area contributed by atoms with Crippen LogP contribution in [0.25, 0.3) is 0 Å². The fourth-order valence-corrected chi connectivity index (χ4v) is 3.43. The fraction of sp³-hybridized carbons (Fsp3) is 0.286. The molecule has 0 bridgehead atoms. The summed E-state index contributed by atoms with van der Waals surface area (Å²) in [4.78, 5) is 37.3. The summed E-state index contributed by atoms with van der Waals surface area (Å²) in [6, 6.07) is 12.2. The Hall–Kier alpha value is -3.33. The molecule has 2 aromatic carbocycles. The van der Waals surface area contributed by atoms with Crippen molar-refractivity contribution in [1.29, 1.82) is 0 Å². The van der Waals surface area contributed by atoms with Gasteiger partial charge in [-0.25, -0.2) is 0 Å². The van der Waals surface area contributed by atoms with Crippen molar-refractivity contribution in [3.8, 4) is 0 Å². The number of hydrogen-bond donors (Lipinski definition) is 2. The van der Waals surface area contributed by atoms with Gasteiger partial charge in [-0.1, -0.05) is 19.1 Å². The highest BCUT2D eigenvalue weighted by Gasteiger charge is 2.23. The monoisotopic (exact) mass is 426 g/mol. The Balaban J connectivity index is 1.66. The molecule has 2 N–H and O–H groups in total. The molecule has 9 heteroatoms. The minimum absolute atomic E-state index is 0.0332. The quantitative estimate of drug-likeness (QED) is 0.440. The van der Waals surface area contributed by atoms with E-state index >= 15 is 0 Å². The molecule has 1 fully saturated rings. The number of nitrogens with zero attached hydrogens (tertiary/aromatic N) is 2. The lowest BCUT2D eigenvalue weighted by Gasteiger charge is -2.30. The van der Waals surface area contributed by atoms with E-state index in [2.05, 4.69) is 17.6 Å². The van der Waals surface area contributed by atoms with Gasteiger partial charge in [-0.05, 0) is 55.2 Å². The number of thiocarbonyl (C=S) groups is 1. The van der Waals surface area contributed by atoms with Gasteiger partial charge in [0.2, 0.25) is 0 Å². The maximum Gasteiger partial charge on any atom is 0.269 e. The first-order valence-corrected chi connectivity index (χ1v) is 10.0. The number of likely N-dealkylation sites (tertiary alicyclic amines) is 1. The SMILES string of the molecule is CC1CCN(C(=O)c2ccccc2NC(=S)NC(=O)c2ccc([N+](=O)[O-])cc2)CC1. The fourth-order valence-electron chi connectivity index (χ4n) is 3.22. The maximum atomic E-state index is 12.9. The predicted molar refractivity (Wildman–Crippen MR) is 118 cm³/mol. The van der Waals surface area contributed by atoms with Crippen molar-refractivity contribution in [1.82, 2.24) is 10.2 Å². The summed E-state index contributed by atoms with van der Waals surface area (Å²) in [6.45, 7) is 3.62. The lowest BCUT2D eigenvalue weighted by Crippen LogP contribution is -2.39. The Morgan fingerprint density at radius 1 is 1.10 bits per heavy atom. The molecule has 2 amide bonds. The minimum atomic E-state index is -0.537. The Kier molecular flexibility index (Phi) is 6.73. The van der Waals surface area contributed by atoms with E-state index in [4.69, 9.17) is 12.2 Å². The molecule has 0 aliphatic carbocycles. The summed E-state index contributed by atoms with van der Waals surface area (Å²) < 4.78 is 0. The molecular formula is C21H22N4O4S. The van der Waals surface area contributed by atoms with Crippen LogP contribution in [0.15, 0.2) is 48.5 Å². The smallest absolute Gasteiger partial charge is 0.269 e. The summed E-state index contributed by atoms with van der Waals surface area (Å²) in [6.07, 6.45) is 1.95. The molecule has 1 aliphatic heterocycles. The van der Waals surface area contributed by atoms with Gasteiger partial charge in [-0.3, -0.25) is 25.0 Å². The van der Waals surface area contributed by atoms with Crippen LogP contribution in [-0.4, -0.2) is 39.8 Å². The lowest BCUT2D eigenvalue weighted by atomic mass is 9.98. The van der Waals surface area contributed by atoms with Crippen molar-refractivity contribution in [3.05, 3.63) is 69.8 Å². The molecule has 0 radical (unpaired) electrons. The molecule has 0 atom stereocenters. The van der Waals surface area contributed by atoms with Crippen LogP contribution in [0.2, 0.25) is 0 Å². The molecule has 2 aromatic rings. The number of rotatable bonds is 4. The molecular weight excluding hydrogens is 404 g/mol. The molecule has 1 aliphatic rings. The van der Waals surface area contributed by atoms with Crippen molar-refractivity contribution in [2.45, 2.75) is 19.8 Å². The number of non-ortho nitro benzene ring substituents is 1.